The predicted octanol–water partition coefficient (Wildman–Crippen LogP) is 4.72. The number of carboxylic acids is 2. The van der Waals surface area contributed by atoms with Crippen LogP contribution in [0.25, 0.3) is 10.9 Å². The monoisotopic (exact) mass is 603 g/mol. The molecule has 0 saturated heterocycles. The Morgan fingerprint density at radius 3 is 2.15 bits per heavy atom. The number of fused-ring (bicyclic) bond motifs is 1. The van der Waals surface area contributed by atoms with Crippen molar-refractivity contribution in [3.63, 3.8) is 0 Å². The number of carbonyl (C=O) groups is 2. The average Bonchev–Trinajstić information content (AvgIpc) is 3.28. The zero-order chi connectivity index (χ0) is 30.3. The first-order chi connectivity index (χ1) is 19.3. The van der Waals surface area contributed by atoms with Gasteiger partial charge < -0.3 is 36.9 Å². The molecule has 9 nitrogen and oxygen atoms in total. The van der Waals surface area contributed by atoms with Gasteiger partial charge >= 0.3 is 18.1 Å². The lowest BCUT2D eigenvalue weighted by molar-refractivity contribution is -0.192. The van der Waals surface area contributed by atoms with E-state index < -0.39 is 18.1 Å². The third-order valence-electron chi connectivity index (χ3n) is 5.67. The number of nitrogens with zero attached hydrogens (tertiary/aromatic N) is 1. The summed E-state index contributed by atoms with van der Waals surface area (Å²) in [6, 6.07) is 22.4. The molecule has 0 spiro atoms. The molecular formula is C27H24F3N5O4S2. The number of halogens is 3. The molecular weight excluding hydrogens is 579 g/mol. The van der Waals surface area contributed by atoms with E-state index in [1.165, 1.54) is 0 Å². The Balaban J connectivity index is 0.000000587. The summed E-state index contributed by atoms with van der Waals surface area (Å²) in [5, 5.41) is 24.4. The minimum atomic E-state index is -5.08. The second-order valence-corrected chi connectivity index (χ2v) is 9.39. The Kier molecular flexibility index (Phi) is 9.86. The number of aliphatic carboxylic acids is 1. The van der Waals surface area contributed by atoms with Gasteiger partial charge in [0.05, 0.1) is 16.9 Å². The molecule has 0 aliphatic rings. The molecule has 0 radical (unpaired) electrons. The van der Waals surface area contributed by atoms with Crippen molar-refractivity contribution in [3.05, 3.63) is 95.2 Å². The number of hydrogen-bond acceptors (Lipinski definition) is 5. The molecule has 0 fully saturated rings. The lowest BCUT2D eigenvalue weighted by Crippen LogP contribution is -2.28. The van der Waals surface area contributed by atoms with E-state index in [-0.39, 0.29) is 10.7 Å². The van der Waals surface area contributed by atoms with E-state index in [1.807, 2.05) is 54.6 Å². The second kappa shape index (κ2) is 13.1. The van der Waals surface area contributed by atoms with E-state index in [4.69, 9.17) is 45.8 Å². The Hall–Kier alpha value is -4.69. The van der Waals surface area contributed by atoms with Crippen LogP contribution in [-0.2, 0) is 17.9 Å². The number of anilines is 2. The maximum atomic E-state index is 12.1. The molecule has 1 aromatic heterocycles. The number of nitrogens with one attached hydrogen (secondary N) is 2. The van der Waals surface area contributed by atoms with Crippen LogP contribution < -0.4 is 22.1 Å². The predicted molar refractivity (Wildman–Crippen MR) is 158 cm³/mol. The number of alkyl halides is 3. The number of nitrogen functional groups attached to an aromatic ring is 1. The van der Waals surface area contributed by atoms with E-state index in [0.717, 1.165) is 16.7 Å². The Labute approximate surface area is 242 Å². The number of benzene rings is 3. The van der Waals surface area contributed by atoms with Crippen molar-refractivity contribution in [1.29, 1.82) is 0 Å². The van der Waals surface area contributed by atoms with E-state index in [2.05, 4.69) is 10.6 Å². The Bertz CT molecular complexity index is 1610. The van der Waals surface area contributed by atoms with Gasteiger partial charge in [-0.15, -0.1) is 0 Å². The summed E-state index contributed by atoms with van der Waals surface area (Å²) in [5.41, 5.74) is 16.5. The van der Waals surface area contributed by atoms with Crippen LogP contribution in [0.3, 0.4) is 0 Å². The van der Waals surface area contributed by atoms with Gasteiger partial charge in [-0.05, 0) is 47.6 Å². The van der Waals surface area contributed by atoms with E-state index in [0.29, 0.717) is 40.5 Å². The normalized spacial score (nSPS) is 10.8. The molecule has 0 amide bonds. The molecule has 14 heteroatoms. The molecule has 0 atom stereocenters. The Morgan fingerprint density at radius 2 is 1.56 bits per heavy atom. The number of aromatic carboxylic acids is 1. The number of carboxylic acid groups (broad SMARTS) is 2. The fraction of sp³-hybridized carbons (Fsp3) is 0.111. The van der Waals surface area contributed by atoms with Gasteiger partial charge in [-0.25, -0.2) is 9.59 Å². The molecule has 214 valence electrons. The van der Waals surface area contributed by atoms with Crippen molar-refractivity contribution in [2.75, 3.05) is 11.1 Å². The summed E-state index contributed by atoms with van der Waals surface area (Å²) in [6.45, 7) is 0.866. The van der Waals surface area contributed by atoms with Gasteiger partial charge in [0.1, 0.15) is 10.7 Å². The van der Waals surface area contributed by atoms with Crippen molar-refractivity contribution in [1.82, 2.24) is 9.88 Å². The molecule has 0 aliphatic carbocycles. The van der Waals surface area contributed by atoms with Crippen molar-refractivity contribution < 1.29 is 33.0 Å². The van der Waals surface area contributed by atoms with Crippen molar-refractivity contribution in [2.45, 2.75) is 19.3 Å². The lowest BCUT2D eigenvalue weighted by atomic mass is 10.1. The van der Waals surface area contributed by atoms with Crippen LogP contribution in [0.5, 0.6) is 0 Å². The van der Waals surface area contributed by atoms with Gasteiger partial charge in [-0.3, -0.25) is 0 Å². The van der Waals surface area contributed by atoms with Crippen LogP contribution >= 0.6 is 24.4 Å². The minimum Gasteiger partial charge on any atom is -0.477 e. The highest BCUT2D eigenvalue weighted by atomic mass is 32.1. The highest BCUT2D eigenvalue weighted by Crippen LogP contribution is 2.33. The van der Waals surface area contributed by atoms with Crippen molar-refractivity contribution in [2.24, 2.45) is 5.73 Å². The molecule has 41 heavy (non-hydrogen) atoms. The van der Waals surface area contributed by atoms with E-state index in [9.17, 15) is 23.1 Å². The first-order valence-corrected chi connectivity index (χ1v) is 12.5. The number of hydrogen-bond donors (Lipinski definition) is 6. The van der Waals surface area contributed by atoms with Crippen LogP contribution in [0.15, 0.2) is 72.8 Å². The SMILES string of the molecule is NC(=S)c1cccc(Cn2c(C(=O)O)cc3c(NC(=S)NCc4ccccc4)c(N)ccc32)c1.O=C(O)C(F)(F)F. The van der Waals surface area contributed by atoms with Crippen LogP contribution in [0.1, 0.15) is 27.2 Å². The van der Waals surface area contributed by atoms with Gasteiger partial charge in [-0.2, -0.15) is 13.2 Å². The zero-order valence-corrected chi connectivity index (χ0v) is 22.7. The summed E-state index contributed by atoms with van der Waals surface area (Å²) in [4.78, 5) is 21.3. The molecule has 8 N–H and O–H groups in total. The fourth-order valence-electron chi connectivity index (χ4n) is 3.78. The largest absolute Gasteiger partial charge is 0.490 e. The van der Waals surface area contributed by atoms with Gasteiger partial charge in [0.2, 0.25) is 0 Å². The number of nitrogens with two attached hydrogens (primary N) is 2. The third-order valence-corrected chi connectivity index (χ3v) is 6.15. The van der Waals surface area contributed by atoms with Crippen molar-refractivity contribution >= 4 is 68.8 Å². The second-order valence-electron chi connectivity index (χ2n) is 8.54. The quantitative estimate of drug-likeness (QED) is 0.129. The van der Waals surface area contributed by atoms with Crippen LogP contribution in [0.4, 0.5) is 24.5 Å². The summed E-state index contributed by atoms with van der Waals surface area (Å²) >= 11 is 10.5. The maximum absolute atomic E-state index is 12.1. The van der Waals surface area contributed by atoms with Crippen LogP contribution in [0.2, 0.25) is 0 Å². The summed E-state index contributed by atoms with van der Waals surface area (Å²) in [5.74, 6) is -3.80. The third kappa shape index (κ3) is 8.16. The van der Waals surface area contributed by atoms with Crippen molar-refractivity contribution in [3.8, 4) is 0 Å². The topological polar surface area (TPSA) is 156 Å². The highest BCUT2D eigenvalue weighted by Gasteiger charge is 2.38. The van der Waals surface area contributed by atoms with Gasteiger partial charge in [0, 0.05) is 24.0 Å². The van der Waals surface area contributed by atoms with Gasteiger partial charge in [-0.1, -0.05) is 60.7 Å². The van der Waals surface area contributed by atoms with E-state index >= 15 is 0 Å². The first kappa shape index (κ1) is 30.8. The maximum Gasteiger partial charge on any atom is 0.490 e. The standard InChI is InChI=1S/C25H23N5O2S2.C2HF3O2/c26-19-9-10-20-18(22(19)29-25(34)28-13-15-5-2-1-3-6-15)12-21(24(31)32)30(20)14-16-7-4-8-17(11-16)23(27)33;3-2(4,5)1(6)7/h1-12H,13-14,26H2,(H2,27,33)(H,31,32)(H2,28,29,34);(H,6,7). The summed E-state index contributed by atoms with van der Waals surface area (Å²) in [7, 11) is 0. The number of thiocarbonyl (C=S) groups is 2. The molecule has 0 aliphatic heterocycles. The molecule has 0 saturated carbocycles. The number of aromatic nitrogens is 1. The molecule has 4 aromatic rings. The number of rotatable bonds is 7. The summed E-state index contributed by atoms with van der Waals surface area (Å²) < 4.78 is 33.5. The van der Waals surface area contributed by atoms with Gasteiger partial charge in [0.15, 0.2) is 5.11 Å². The molecule has 0 unspecified atom stereocenters. The van der Waals surface area contributed by atoms with E-state index in [1.54, 1.807) is 22.8 Å². The van der Waals surface area contributed by atoms with Crippen LogP contribution in [-0.4, -0.2) is 43.0 Å². The smallest absolute Gasteiger partial charge is 0.477 e. The Morgan fingerprint density at radius 1 is 0.927 bits per heavy atom. The minimum absolute atomic E-state index is 0.132. The zero-order valence-electron chi connectivity index (χ0n) is 21.1. The molecule has 3 aromatic carbocycles. The molecule has 0 bridgehead atoms. The summed E-state index contributed by atoms with van der Waals surface area (Å²) in [6.07, 6.45) is -5.08. The lowest BCUT2D eigenvalue weighted by Gasteiger charge is -2.14. The average molecular weight is 604 g/mol. The van der Waals surface area contributed by atoms with Gasteiger partial charge in [0.25, 0.3) is 0 Å². The molecule has 4 rings (SSSR count). The molecule has 1 heterocycles. The highest BCUT2D eigenvalue weighted by molar-refractivity contribution is 7.80. The fourth-order valence-corrected chi connectivity index (χ4v) is 4.08. The first-order valence-electron chi connectivity index (χ1n) is 11.7. The van der Waals surface area contributed by atoms with Crippen LogP contribution in [0, 0.1) is 0 Å².